The lowest BCUT2D eigenvalue weighted by Gasteiger charge is -2.60. The zero-order chi connectivity index (χ0) is 19.0. The predicted octanol–water partition coefficient (Wildman–Crippen LogP) is 3.66. The highest BCUT2D eigenvalue weighted by Gasteiger charge is 2.63. The highest BCUT2D eigenvalue weighted by molar-refractivity contribution is 5.27. The average molecular weight is 377 g/mol. The van der Waals surface area contributed by atoms with Gasteiger partial charge in [0.1, 0.15) is 0 Å². The molecular formula is C23H36O4. The lowest BCUT2D eigenvalue weighted by molar-refractivity contribution is -0.194. The van der Waals surface area contributed by atoms with Crippen LogP contribution in [-0.2, 0) is 9.47 Å². The molecule has 4 fully saturated rings. The summed E-state index contributed by atoms with van der Waals surface area (Å²) in [5, 5.41) is 21.8. The van der Waals surface area contributed by atoms with Crippen LogP contribution < -0.4 is 0 Å². The smallest absolute Gasteiger partial charge is 0.172 e. The molecule has 4 heteroatoms. The van der Waals surface area contributed by atoms with Crippen LogP contribution in [0.15, 0.2) is 11.6 Å². The molecule has 4 nitrogen and oxygen atoms in total. The Kier molecular flexibility index (Phi) is 4.16. The average Bonchev–Trinajstić information content (AvgIpc) is 3.19. The van der Waals surface area contributed by atoms with Crippen molar-refractivity contribution in [3.05, 3.63) is 11.6 Å². The predicted molar refractivity (Wildman–Crippen MR) is 103 cm³/mol. The molecule has 4 aliphatic carbocycles. The molecule has 1 spiro atoms. The Labute approximate surface area is 163 Å². The lowest BCUT2D eigenvalue weighted by Crippen LogP contribution is -2.58. The molecule has 5 rings (SSSR count). The van der Waals surface area contributed by atoms with Crippen molar-refractivity contribution in [2.75, 3.05) is 13.2 Å². The van der Waals surface area contributed by atoms with Gasteiger partial charge < -0.3 is 19.7 Å². The summed E-state index contributed by atoms with van der Waals surface area (Å²) in [6.45, 7) is 8.10. The Morgan fingerprint density at radius 1 is 1.15 bits per heavy atom. The van der Waals surface area contributed by atoms with Gasteiger partial charge >= 0.3 is 0 Å². The third-order valence-electron chi connectivity index (χ3n) is 9.51. The molecule has 0 aromatic heterocycles. The first-order valence-electron chi connectivity index (χ1n) is 11.1. The minimum Gasteiger partial charge on any atom is -0.393 e. The maximum atomic E-state index is 11.4. The Morgan fingerprint density at radius 3 is 2.59 bits per heavy atom. The summed E-state index contributed by atoms with van der Waals surface area (Å²) >= 11 is 0. The summed E-state index contributed by atoms with van der Waals surface area (Å²) in [5.41, 5.74) is 1.60. The molecule has 152 valence electrons. The van der Waals surface area contributed by atoms with E-state index in [1.54, 1.807) is 0 Å². The van der Waals surface area contributed by atoms with Crippen LogP contribution in [0.25, 0.3) is 0 Å². The van der Waals surface area contributed by atoms with Gasteiger partial charge in [0.2, 0.25) is 0 Å². The molecule has 0 bridgehead atoms. The van der Waals surface area contributed by atoms with Crippen LogP contribution in [-0.4, -0.2) is 41.4 Å². The Bertz CT molecular complexity index is 636. The van der Waals surface area contributed by atoms with E-state index in [9.17, 15) is 10.2 Å². The van der Waals surface area contributed by atoms with E-state index in [0.29, 0.717) is 36.9 Å². The molecule has 1 aliphatic heterocycles. The summed E-state index contributed by atoms with van der Waals surface area (Å²) in [6.07, 6.45) is 8.99. The van der Waals surface area contributed by atoms with Gasteiger partial charge in [-0.2, -0.15) is 0 Å². The SMILES string of the molecule is CC(O)C1CCC2C3CC=C4CC5(CCC4(C)C3C(O)CC12C)OCCO5. The van der Waals surface area contributed by atoms with Gasteiger partial charge in [0.25, 0.3) is 0 Å². The second-order valence-corrected chi connectivity index (χ2v) is 10.7. The third-order valence-corrected chi connectivity index (χ3v) is 9.51. The monoisotopic (exact) mass is 376 g/mol. The number of fused-ring (bicyclic) bond motifs is 5. The van der Waals surface area contributed by atoms with Crippen LogP contribution in [0.4, 0.5) is 0 Å². The fourth-order valence-electron chi connectivity index (χ4n) is 8.31. The van der Waals surface area contributed by atoms with E-state index in [4.69, 9.17) is 9.47 Å². The molecule has 1 saturated heterocycles. The topological polar surface area (TPSA) is 58.9 Å². The minimum absolute atomic E-state index is 0.0626. The molecule has 0 radical (unpaired) electrons. The summed E-state index contributed by atoms with van der Waals surface area (Å²) in [7, 11) is 0. The molecule has 0 amide bonds. The molecular weight excluding hydrogens is 340 g/mol. The van der Waals surface area contributed by atoms with E-state index in [2.05, 4.69) is 19.9 Å². The van der Waals surface area contributed by atoms with E-state index in [1.807, 2.05) is 6.92 Å². The van der Waals surface area contributed by atoms with Crippen LogP contribution in [0.2, 0.25) is 0 Å². The maximum Gasteiger partial charge on any atom is 0.172 e. The van der Waals surface area contributed by atoms with Gasteiger partial charge in [-0.3, -0.25) is 0 Å². The number of rotatable bonds is 1. The van der Waals surface area contributed by atoms with Crippen molar-refractivity contribution in [1.82, 2.24) is 0 Å². The largest absolute Gasteiger partial charge is 0.393 e. The number of hydrogen-bond acceptors (Lipinski definition) is 4. The van der Waals surface area contributed by atoms with Gasteiger partial charge in [-0.1, -0.05) is 25.5 Å². The van der Waals surface area contributed by atoms with Gasteiger partial charge in [0.15, 0.2) is 5.79 Å². The summed E-state index contributed by atoms with van der Waals surface area (Å²) < 4.78 is 12.0. The number of hydrogen-bond donors (Lipinski definition) is 2. The van der Waals surface area contributed by atoms with E-state index >= 15 is 0 Å². The van der Waals surface area contributed by atoms with E-state index in [1.165, 1.54) is 12.0 Å². The molecule has 27 heavy (non-hydrogen) atoms. The fourth-order valence-corrected chi connectivity index (χ4v) is 8.31. The van der Waals surface area contributed by atoms with Crippen LogP contribution in [0.5, 0.6) is 0 Å². The van der Waals surface area contributed by atoms with Crippen molar-refractivity contribution in [2.24, 2.45) is 34.5 Å². The molecule has 8 atom stereocenters. The summed E-state index contributed by atoms with van der Waals surface area (Å²) in [4.78, 5) is 0. The van der Waals surface area contributed by atoms with Crippen LogP contribution in [0, 0.1) is 34.5 Å². The van der Waals surface area contributed by atoms with Gasteiger partial charge in [0.05, 0.1) is 25.4 Å². The van der Waals surface area contributed by atoms with Crippen LogP contribution in [0.1, 0.15) is 65.7 Å². The lowest BCUT2D eigenvalue weighted by atomic mass is 9.46. The van der Waals surface area contributed by atoms with Crippen LogP contribution in [0.3, 0.4) is 0 Å². The molecule has 1 heterocycles. The third kappa shape index (κ3) is 2.49. The van der Waals surface area contributed by atoms with Gasteiger partial charge in [0, 0.05) is 12.8 Å². The highest BCUT2D eigenvalue weighted by Crippen LogP contribution is 2.67. The maximum absolute atomic E-state index is 11.4. The second-order valence-electron chi connectivity index (χ2n) is 10.7. The molecule has 8 unspecified atom stereocenters. The molecule has 2 N–H and O–H groups in total. The number of aliphatic hydroxyl groups is 2. The van der Waals surface area contributed by atoms with Gasteiger partial charge in [-0.15, -0.1) is 0 Å². The number of ether oxygens (including phenoxy) is 2. The Balaban J connectivity index is 1.48. The Morgan fingerprint density at radius 2 is 1.89 bits per heavy atom. The van der Waals surface area contributed by atoms with Crippen molar-refractivity contribution in [3.63, 3.8) is 0 Å². The second kappa shape index (κ2) is 6.04. The van der Waals surface area contributed by atoms with Gasteiger partial charge in [-0.05, 0) is 73.5 Å². The van der Waals surface area contributed by atoms with E-state index < -0.39 is 5.79 Å². The fraction of sp³-hybridized carbons (Fsp3) is 0.913. The number of allylic oxidation sites excluding steroid dienone is 1. The first-order valence-corrected chi connectivity index (χ1v) is 11.1. The van der Waals surface area contributed by atoms with Gasteiger partial charge in [-0.25, -0.2) is 0 Å². The van der Waals surface area contributed by atoms with Crippen molar-refractivity contribution < 1.29 is 19.7 Å². The van der Waals surface area contributed by atoms with Crippen molar-refractivity contribution >= 4 is 0 Å². The van der Waals surface area contributed by atoms with Crippen LogP contribution >= 0.6 is 0 Å². The standard InChI is InChI=1S/C23H36O4/c1-14(24)17-6-7-18-16-5-4-15-12-23(26-10-11-27-23)9-8-21(15,2)20(16)19(25)13-22(17,18)3/h4,14,16-20,24-25H,5-13H2,1-3H3. The molecule has 0 aromatic rings. The normalized spacial score (nSPS) is 52.0. The van der Waals surface area contributed by atoms with E-state index in [0.717, 1.165) is 38.5 Å². The summed E-state index contributed by atoms with van der Waals surface area (Å²) in [6, 6.07) is 0. The zero-order valence-corrected chi connectivity index (χ0v) is 17.1. The zero-order valence-electron chi connectivity index (χ0n) is 17.1. The Hall–Kier alpha value is -0.420. The molecule has 5 aliphatic rings. The van der Waals surface area contributed by atoms with Crippen molar-refractivity contribution in [2.45, 2.75) is 83.7 Å². The summed E-state index contributed by atoms with van der Waals surface area (Å²) in [5.74, 6) is 1.43. The quantitative estimate of drug-likeness (QED) is 0.686. The highest BCUT2D eigenvalue weighted by atomic mass is 16.7. The van der Waals surface area contributed by atoms with Crippen molar-refractivity contribution in [3.8, 4) is 0 Å². The molecule has 3 saturated carbocycles. The minimum atomic E-state index is -0.392. The first-order chi connectivity index (χ1) is 12.8. The van der Waals surface area contributed by atoms with E-state index in [-0.39, 0.29) is 23.0 Å². The first kappa shape index (κ1) is 18.6. The molecule has 0 aromatic carbocycles. The van der Waals surface area contributed by atoms with Crippen molar-refractivity contribution in [1.29, 1.82) is 0 Å². The number of aliphatic hydroxyl groups excluding tert-OH is 2.